The van der Waals surface area contributed by atoms with E-state index in [1.807, 2.05) is 7.05 Å². The Morgan fingerprint density at radius 1 is 1.00 bits per heavy atom. The van der Waals surface area contributed by atoms with E-state index >= 15 is 0 Å². The zero-order chi connectivity index (χ0) is 21.8. The summed E-state index contributed by atoms with van der Waals surface area (Å²) >= 11 is 0. The van der Waals surface area contributed by atoms with Crippen molar-refractivity contribution in [2.45, 2.75) is 32.0 Å². The number of morpholine rings is 1. The summed E-state index contributed by atoms with van der Waals surface area (Å²) in [5.41, 5.74) is 5.52. The largest absolute Gasteiger partial charge is 0.379 e. The SMILES string of the molecule is CN=C(NCc1ccc(CN2CCc3ccccc32)cc1)N1CCC(N2CCOCC2)C1.I. The zero-order valence-corrected chi connectivity index (χ0v) is 21.9. The van der Waals surface area contributed by atoms with Crippen molar-refractivity contribution in [1.29, 1.82) is 0 Å². The minimum Gasteiger partial charge on any atom is -0.379 e. The van der Waals surface area contributed by atoms with Crippen LogP contribution in [0.4, 0.5) is 5.69 Å². The number of nitrogens with one attached hydrogen (secondary N) is 1. The molecule has 0 radical (unpaired) electrons. The lowest BCUT2D eigenvalue weighted by atomic mass is 10.1. The Morgan fingerprint density at radius 3 is 2.55 bits per heavy atom. The van der Waals surface area contributed by atoms with Gasteiger partial charge in [0.1, 0.15) is 0 Å². The molecule has 0 saturated carbocycles. The molecule has 2 aromatic carbocycles. The van der Waals surface area contributed by atoms with Gasteiger partial charge in [0.25, 0.3) is 0 Å². The van der Waals surface area contributed by atoms with E-state index in [1.54, 1.807) is 0 Å². The maximum atomic E-state index is 5.51. The first kappa shape index (κ1) is 24.3. The number of aliphatic imine (C=N–C) groups is 1. The number of anilines is 1. The Morgan fingerprint density at radius 2 is 1.76 bits per heavy atom. The van der Waals surface area contributed by atoms with Crippen LogP contribution < -0.4 is 10.2 Å². The first-order valence-electron chi connectivity index (χ1n) is 12.0. The van der Waals surface area contributed by atoms with Gasteiger partial charge in [-0.15, -0.1) is 24.0 Å². The molecular weight excluding hydrogens is 525 g/mol. The van der Waals surface area contributed by atoms with Crippen LogP contribution in [0.5, 0.6) is 0 Å². The van der Waals surface area contributed by atoms with E-state index in [4.69, 9.17) is 4.74 Å². The molecule has 3 aliphatic rings. The monoisotopic (exact) mass is 561 g/mol. The summed E-state index contributed by atoms with van der Waals surface area (Å²) in [4.78, 5) is 12.0. The van der Waals surface area contributed by atoms with Gasteiger partial charge in [-0.05, 0) is 35.6 Å². The fourth-order valence-electron chi connectivity index (χ4n) is 5.24. The van der Waals surface area contributed by atoms with Crippen LogP contribution in [-0.4, -0.2) is 74.8 Å². The van der Waals surface area contributed by atoms with Gasteiger partial charge in [-0.3, -0.25) is 9.89 Å². The number of halogens is 1. The number of fused-ring (bicyclic) bond motifs is 1. The van der Waals surface area contributed by atoms with Crippen LogP contribution in [-0.2, 0) is 24.2 Å². The van der Waals surface area contributed by atoms with E-state index in [1.165, 1.54) is 28.8 Å². The third kappa shape index (κ3) is 5.81. The second-order valence-corrected chi connectivity index (χ2v) is 9.05. The van der Waals surface area contributed by atoms with Gasteiger partial charge in [0, 0.05) is 64.6 Å². The van der Waals surface area contributed by atoms with Crippen molar-refractivity contribution < 1.29 is 4.74 Å². The van der Waals surface area contributed by atoms with Crippen molar-refractivity contribution in [3.05, 3.63) is 65.2 Å². The molecule has 0 spiro atoms. The van der Waals surface area contributed by atoms with Crippen molar-refractivity contribution in [2.75, 3.05) is 57.9 Å². The molecule has 6 nitrogen and oxygen atoms in total. The smallest absolute Gasteiger partial charge is 0.193 e. The lowest BCUT2D eigenvalue weighted by molar-refractivity contribution is 0.0195. The van der Waals surface area contributed by atoms with Crippen molar-refractivity contribution in [3.8, 4) is 0 Å². The van der Waals surface area contributed by atoms with Crippen LogP contribution in [0.2, 0.25) is 0 Å². The second-order valence-electron chi connectivity index (χ2n) is 9.05. The van der Waals surface area contributed by atoms with Crippen LogP contribution in [0.15, 0.2) is 53.5 Å². The molecule has 1 N–H and O–H groups in total. The molecule has 0 aliphatic carbocycles. The van der Waals surface area contributed by atoms with Gasteiger partial charge in [0.2, 0.25) is 0 Å². The number of nitrogens with zero attached hydrogens (tertiary/aromatic N) is 4. The minimum absolute atomic E-state index is 0. The molecule has 5 rings (SSSR count). The van der Waals surface area contributed by atoms with Gasteiger partial charge in [-0.2, -0.15) is 0 Å². The van der Waals surface area contributed by atoms with Crippen LogP contribution in [0, 0.1) is 0 Å². The highest BCUT2D eigenvalue weighted by Crippen LogP contribution is 2.28. The molecule has 0 aromatic heterocycles. The third-order valence-electron chi connectivity index (χ3n) is 7.07. The Balaban J connectivity index is 0.00000259. The minimum atomic E-state index is 0. The molecule has 2 saturated heterocycles. The average molecular weight is 562 g/mol. The number of likely N-dealkylation sites (tertiary alicyclic amines) is 1. The standard InChI is InChI=1S/C26H35N5O.HI/c1-27-26(31-13-11-24(20-31)29-14-16-32-17-15-29)28-18-21-6-8-22(9-7-21)19-30-12-10-23-4-2-3-5-25(23)30;/h2-9,24H,10-20H2,1H3,(H,27,28);1H. The van der Waals surface area contributed by atoms with E-state index in [0.29, 0.717) is 6.04 Å². The molecule has 1 unspecified atom stereocenters. The summed E-state index contributed by atoms with van der Waals surface area (Å²) in [6, 6.07) is 18.4. The predicted octanol–water partition coefficient (Wildman–Crippen LogP) is 3.35. The summed E-state index contributed by atoms with van der Waals surface area (Å²) < 4.78 is 5.51. The highest BCUT2D eigenvalue weighted by molar-refractivity contribution is 14.0. The van der Waals surface area contributed by atoms with Gasteiger partial charge in [0.05, 0.1) is 13.2 Å². The zero-order valence-electron chi connectivity index (χ0n) is 19.6. The summed E-state index contributed by atoms with van der Waals surface area (Å²) in [5, 5.41) is 3.58. The maximum absolute atomic E-state index is 5.51. The number of para-hydroxylation sites is 1. The van der Waals surface area contributed by atoms with E-state index in [2.05, 4.69) is 73.5 Å². The van der Waals surface area contributed by atoms with Crippen molar-refractivity contribution in [3.63, 3.8) is 0 Å². The maximum Gasteiger partial charge on any atom is 0.193 e. The Kier molecular flexibility index (Phi) is 8.49. The van der Waals surface area contributed by atoms with Crippen LogP contribution in [0.1, 0.15) is 23.1 Å². The third-order valence-corrected chi connectivity index (χ3v) is 7.07. The van der Waals surface area contributed by atoms with E-state index < -0.39 is 0 Å². The number of ether oxygens (including phenoxy) is 1. The normalized spacial score (nSPS) is 21.1. The first-order valence-corrected chi connectivity index (χ1v) is 12.0. The number of hydrogen-bond donors (Lipinski definition) is 1. The molecule has 0 bridgehead atoms. The molecule has 1 atom stereocenters. The lowest BCUT2D eigenvalue weighted by Gasteiger charge is -2.32. The molecule has 7 heteroatoms. The summed E-state index contributed by atoms with van der Waals surface area (Å²) in [5.74, 6) is 1.01. The topological polar surface area (TPSA) is 43.3 Å². The fraction of sp³-hybridized carbons (Fsp3) is 0.500. The lowest BCUT2D eigenvalue weighted by Crippen LogP contribution is -2.46. The first-order chi connectivity index (χ1) is 15.8. The molecule has 178 valence electrons. The van der Waals surface area contributed by atoms with Gasteiger partial charge in [-0.1, -0.05) is 42.5 Å². The number of benzene rings is 2. The van der Waals surface area contributed by atoms with Gasteiger partial charge in [-0.25, -0.2) is 0 Å². The summed E-state index contributed by atoms with van der Waals surface area (Å²) in [6.07, 6.45) is 2.36. The van der Waals surface area contributed by atoms with E-state index in [-0.39, 0.29) is 24.0 Å². The highest BCUT2D eigenvalue weighted by Gasteiger charge is 2.30. The molecule has 3 aliphatic heterocycles. The van der Waals surface area contributed by atoms with Gasteiger partial charge in [0.15, 0.2) is 5.96 Å². The quantitative estimate of drug-likeness (QED) is 0.345. The van der Waals surface area contributed by atoms with Crippen molar-refractivity contribution >= 4 is 35.6 Å². The Labute approximate surface area is 215 Å². The predicted molar refractivity (Wildman–Crippen MR) is 146 cm³/mol. The summed E-state index contributed by atoms with van der Waals surface area (Å²) in [7, 11) is 1.89. The molecular formula is C26H36IN5O. The molecule has 3 heterocycles. The molecule has 2 aromatic rings. The second kappa shape index (κ2) is 11.5. The number of guanidine groups is 1. The Hall–Kier alpha value is -1.84. The van der Waals surface area contributed by atoms with Crippen LogP contribution in [0.3, 0.4) is 0 Å². The Bertz CT molecular complexity index is 929. The molecule has 0 amide bonds. The average Bonchev–Trinajstić information content (AvgIpc) is 3.49. The highest BCUT2D eigenvalue weighted by atomic mass is 127. The van der Waals surface area contributed by atoms with E-state index in [9.17, 15) is 0 Å². The molecule has 33 heavy (non-hydrogen) atoms. The van der Waals surface area contributed by atoms with Crippen LogP contribution in [0.25, 0.3) is 0 Å². The number of rotatable bonds is 5. The fourth-order valence-corrected chi connectivity index (χ4v) is 5.24. The molecule has 2 fully saturated rings. The van der Waals surface area contributed by atoms with Gasteiger partial charge < -0.3 is 19.9 Å². The summed E-state index contributed by atoms with van der Waals surface area (Å²) in [6.45, 7) is 8.85. The van der Waals surface area contributed by atoms with Crippen LogP contribution >= 0.6 is 24.0 Å². The van der Waals surface area contributed by atoms with Gasteiger partial charge >= 0.3 is 0 Å². The van der Waals surface area contributed by atoms with E-state index in [0.717, 1.165) is 71.4 Å². The van der Waals surface area contributed by atoms with Crippen molar-refractivity contribution in [2.24, 2.45) is 4.99 Å². The van der Waals surface area contributed by atoms with Crippen molar-refractivity contribution in [1.82, 2.24) is 15.1 Å². The number of hydrogen-bond acceptors (Lipinski definition) is 4.